The normalized spacial score (nSPS) is 11.7. The first-order valence-electron chi connectivity index (χ1n) is 4.88. The van der Waals surface area contributed by atoms with Crippen molar-refractivity contribution in [2.45, 2.75) is 0 Å². The Morgan fingerprint density at radius 3 is 1.67 bits per heavy atom. The molecule has 0 aliphatic carbocycles. The zero-order chi connectivity index (χ0) is 11.9. The molecule has 0 saturated carbocycles. The Bertz CT molecular complexity index is 256. The van der Waals surface area contributed by atoms with E-state index in [-0.39, 0.29) is 0 Å². The second kappa shape index (κ2) is 6.78. The largest absolute Gasteiger partial charge is 0.288 e. The predicted molar refractivity (Wildman–Crippen MR) is 68.3 cm³/mol. The van der Waals surface area contributed by atoms with Gasteiger partial charge in [0.2, 0.25) is 7.44 Å². The van der Waals surface area contributed by atoms with Crippen molar-refractivity contribution in [1.29, 1.82) is 0 Å². The van der Waals surface area contributed by atoms with E-state index in [0.717, 1.165) is 0 Å². The van der Waals surface area contributed by atoms with Gasteiger partial charge in [-0.2, -0.15) is 0 Å². The Morgan fingerprint density at radius 1 is 1.00 bits per heavy atom. The van der Waals surface area contributed by atoms with Crippen LogP contribution in [0.15, 0.2) is 38.0 Å². The Labute approximate surface area is 93.2 Å². The van der Waals surface area contributed by atoms with Gasteiger partial charge in [0.25, 0.3) is 0 Å². The SMILES string of the molecule is C=CCN(C)P(=O)(CC=C)N(C)CC=C. The van der Waals surface area contributed by atoms with Gasteiger partial charge < -0.3 is 0 Å². The molecular weight excluding hydrogens is 207 g/mol. The fourth-order valence-electron chi connectivity index (χ4n) is 1.34. The van der Waals surface area contributed by atoms with E-state index in [9.17, 15) is 4.57 Å². The highest BCUT2D eigenvalue weighted by molar-refractivity contribution is 7.59. The molecule has 15 heavy (non-hydrogen) atoms. The van der Waals surface area contributed by atoms with Gasteiger partial charge in [0.05, 0.1) is 0 Å². The molecule has 0 unspecified atom stereocenters. The molecule has 3 nitrogen and oxygen atoms in total. The smallest absolute Gasteiger partial charge is 0.220 e. The summed E-state index contributed by atoms with van der Waals surface area (Å²) in [4.78, 5) is 0. The van der Waals surface area contributed by atoms with E-state index in [1.54, 1.807) is 18.2 Å². The fourth-order valence-corrected chi connectivity index (χ4v) is 3.49. The lowest BCUT2D eigenvalue weighted by Gasteiger charge is -2.33. The van der Waals surface area contributed by atoms with E-state index in [4.69, 9.17) is 0 Å². The van der Waals surface area contributed by atoms with Crippen LogP contribution in [-0.2, 0) is 4.57 Å². The number of hydrogen-bond donors (Lipinski definition) is 0. The van der Waals surface area contributed by atoms with Crippen LogP contribution in [0.25, 0.3) is 0 Å². The second-order valence-electron chi connectivity index (χ2n) is 3.39. The molecule has 0 radical (unpaired) electrons. The van der Waals surface area contributed by atoms with Crippen LogP contribution in [0.4, 0.5) is 0 Å². The quantitative estimate of drug-likeness (QED) is 0.471. The van der Waals surface area contributed by atoms with E-state index in [1.807, 2.05) is 23.4 Å². The zero-order valence-corrected chi connectivity index (χ0v) is 10.6. The molecule has 86 valence electrons. The summed E-state index contributed by atoms with van der Waals surface area (Å²) in [6.45, 7) is 12.2. The first-order valence-corrected chi connectivity index (χ1v) is 6.67. The Balaban J connectivity index is 4.85. The zero-order valence-electron chi connectivity index (χ0n) is 9.72. The Morgan fingerprint density at radius 2 is 1.40 bits per heavy atom. The maximum atomic E-state index is 12.7. The summed E-state index contributed by atoms with van der Waals surface area (Å²) in [5, 5.41) is 0. The van der Waals surface area contributed by atoms with Crippen molar-refractivity contribution in [3.05, 3.63) is 38.0 Å². The molecule has 0 bridgehead atoms. The summed E-state index contributed by atoms with van der Waals surface area (Å²) in [6.07, 6.45) is 5.66. The summed E-state index contributed by atoms with van der Waals surface area (Å²) in [5.74, 6) is 0. The minimum atomic E-state index is -2.53. The van der Waals surface area contributed by atoms with E-state index in [2.05, 4.69) is 19.7 Å². The van der Waals surface area contributed by atoms with Crippen LogP contribution < -0.4 is 0 Å². The molecule has 0 aromatic rings. The molecular formula is C11H21N2OP. The summed E-state index contributed by atoms with van der Waals surface area (Å²) in [5.41, 5.74) is 0. The first-order chi connectivity index (χ1) is 7.02. The van der Waals surface area contributed by atoms with Crippen LogP contribution in [0.3, 0.4) is 0 Å². The minimum Gasteiger partial charge on any atom is -0.288 e. The van der Waals surface area contributed by atoms with Gasteiger partial charge in [-0.25, -0.2) is 9.34 Å². The molecule has 0 atom stereocenters. The minimum absolute atomic E-state index is 0.474. The van der Waals surface area contributed by atoms with Crippen molar-refractivity contribution in [3.8, 4) is 0 Å². The number of allylic oxidation sites excluding steroid dienone is 1. The molecule has 4 heteroatoms. The van der Waals surface area contributed by atoms with E-state index < -0.39 is 7.44 Å². The molecule has 0 N–H and O–H groups in total. The van der Waals surface area contributed by atoms with Gasteiger partial charge in [0, 0.05) is 19.3 Å². The molecule has 0 spiro atoms. The highest BCUT2D eigenvalue weighted by atomic mass is 31.2. The number of nitrogens with zero attached hydrogens (tertiary/aromatic N) is 2. The van der Waals surface area contributed by atoms with Crippen molar-refractivity contribution in [3.63, 3.8) is 0 Å². The molecule has 0 saturated heterocycles. The fraction of sp³-hybridized carbons (Fsp3) is 0.455. The predicted octanol–water partition coefficient (Wildman–Crippen LogP) is 2.60. The summed E-state index contributed by atoms with van der Waals surface area (Å²) >= 11 is 0. The van der Waals surface area contributed by atoms with Crippen LogP contribution in [0.1, 0.15) is 0 Å². The van der Waals surface area contributed by atoms with Crippen LogP contribution >= 0.6 is 7.44 Å². The van der Waals surface area contributed by atoms with Gasteiger partial charge in [-0.1, -0.05) is 18.2 Å². The Hall–Kier alpha value is -0.630. The third-order valence-corrected chi connectivity index (χ3v) is 5.42. The third-order valence-electron chi connectivity index (χ3n) is 2.22. The molecule has 0 fully saturated rings. The monoisotopic (exact) mass is 228 g/mol. The van der Waals surface area contributed by atoms with Gasteiger partial charge in [-0.05, 0) is 14.1 Å². The molecule has 0 aliphatic rings. The second-order valence-corrected chi connectivity index (χ2v) is 6.45. The van der Waals surface area contributed by atoms with Crippen molar-refractivity contribution in [1.82, 2.24) is 9.34 Å². The van der Waals surface area contributed by atoms with Crippen LogP contribution in [0.2, 0.25) is 0 Å². The molecule has 0 aromatic heterocycles. The summed E-state index contributed by atoms with van der Waals surface area (Å²) < 4.78 is 16.3. The standard InChI is InChI=1S/C11H21N2OP/c1-6-9-12(4)15(14,11-8-3)13(5)10-7-2/h6-8H,1-3,9-11H2,4-5H3. The summed E-state index contributed by atoms with van der Waals surface area (Å²) in [6, 6.07) is 0. The average Bonchev–Trinajstić information content (AvgIpc) is 2.18. The van der Waals surface area contributed by atoms with Gasteiger partial charge in [-0.3, -0.25) is 4.57 Å². The van der Waals surface area contributed by atoms with E-state index in [1.165, 1.54) is 0 Å². The van der Waals surface area contributed by atoms with Gasteiger partial charge in [-0.15, -0.1) is 19.7 Å². The number of likely N-dealkylation sites (N-methyl/N-ethyl adjacent to an activating group) is 2. The van der Waals surface area contributed by atoms with Crippen LogP contribution in [-0.4, -0.2) is 42.7 Å². The highest BCUT2D eigenvalue weighted by Crippen LogP contribution is 2.50. The molecule has 0 amide bonds. The van der Waals surface area contributed by atoms with Crippen molar-refractivity contribution in [2.24, 2.45) is 0 Å². The first kappa shape index (κ1) is 14.4. The van der Waals surface area contributed by atoms with Crippen molar-refractivity contribution >= 4 is 7.44 Å². The molecule has 0 rings (SSSR count). The lowest BCUT2D eigenvalue weighted by molar-refractivity contribution is 0.422. The maximum Gasteiger partial charge on any atom is 0.220 e. The van der Waals surface area contributed by atoms with Crippen LogP contribution in [0.5, 0.6) is 0 Å². The van der Waals surface area contributed by atoms with Gasteiger partial charge >= 0.3 is 0 Å². The van der Waals surface area contributed by atoms with E-state index in [0.29, 0.717) is 19.3 Å². The molecule has 0 heterocycles. The third kappa shape index (κ3) is 3.78. The molecule has 0 aliphatic heterocycles. The van der Waals surface area contributed by atoms with Crippen molar-refractivity contribution in [2.75, 3.05) is 33.3 Å². The number of rotatable bonds is 8. The van der Waals surface area contributed by atoms with Gasteiger partial charge in [0.1, 0.15) is 0 Å². The highest BCUT2D eigenvalue weighted by Gasteiger charge is 2.29. The van der Waals surface area contributed by atoms with Gasteiger partial charge in [0.15, 0.2) is 0 Å². The lowest BCUT2D eigenvalue weighted by Crippen LogP contribution is -2.28. The van der Waals surface area contributed by atoms with Crippen LogP contribution in [0, 0.1) is 0 Å². The topological polar surface area (TPSA) is 23.6 Å². The maximum absolute atomic E-state index is 12.7. The average molecular weight is 228 g/mol. The molecule has 0 aromatic carbocycles. The van der Waals surface area contributed by atoms with Crippen molar-refractivity contribution < 1.29 is 4.57 Å². The number of hydrogen-bond acceptors (Lipinski definition) is 1. The van der Waals surface area contributed by atoms with E-state index >= 15 is 0 Å². The lowest BCUT2D eigenvalue weighted by atomic mass is 10.6. The Kier molecular flexibility index (Phi) is 6.50. The summed E-state index contributed by atoms with van der Waals surface area (Å²) in [7, 11) is 1.15.